The molecule has 39 heavy (non-hydrogen) atoms. The van der Waals surface area contributed by atoms with Crippen molar-refractivity contribution in [3.8, 4) is 5.69 Å². The van der Waals surface area contributed by atoms with Gasteiger partial charge in [-0.05, 0) is 75.5 Å². The lowest BCUT2D eigenvalue weighted by Gasteiger charge is -2.36. The Morgan fingerprint density at radius 1 is 1.15 bits per heavy atom. The first kappa shape index (κ1) is 25.2. The number of carbonyl (C=O) groups is 1. The van der Waals surface area contributed by atoms with Crippen molar-refractivity contribution in [3.63, 3.8) is 0 Å². The van der Waals surface area contributed by atoms with Gasteiger partial charge in [0, 0.05) is 59.9 Å². The van der Waals surface area contributed by atoms with Crippen LogP contribution in [0.15, 0.2) is 47.5 Å². The zero-order chi connectivity index (χ0) is 27.4. The largest absolute Gasteiger partial charge is 0.478 e. The Kier molecular flexibility index (Phi) is 6.22. The fourth-order valence-electron chi connectivity index (χ4n) is 6.19. The number of rotatable bonds is 5. The second-order valence-electron chi connectivity index (χ2n) is 10.4. The number of benzene rings is 1. The summed E-state index contributed by atoms with van der Waals surface area (Å²) >= 11 is 0. The van der Waals surface area contributed by atoms with E-state index in [-0.39, 0.29) is 28.6 Å². The Hall–Kier alpha value is -4.05. The van der Waals surface area contributed by atoms with Gasteiger partial charge in [0.05, 0.1) is 11.3 Å². The van der Waals surface area contributed by atoms with E-state index in [9.17, 15) is 18.4 Å². The number of aryl methyl sites for hydroxylation is 1. The number of likely N-dealkylation sites (tertiary alicyclic amines) is 1. The summed E-state index contributed by atoms with van der Waals surface area (Å²) in [6, 6.07) is 7.68. The molecule has 0 amide bonds. The summed E-state index contributed by atoms with van der Waals surface area (Å²) in [5.74, 6) is -3.28. The van der Waals surface area contributed by atoms with E-state index in [1.807, 2.05) is 23.7 Å². The van der Waals surface area contributed by atoms with Crippen LogP contribution in [0.3, 0.4) is 0 Å². The van der Waals surface area contributed by atoms with Crippen LogP contribution in [0.4, 0.5) is 14.5 Å². The fourth-order valence-corrected chi connectivity index (χ4v) is 6.19. The van der Waals surface area contributed by atoms with Crippen molar-refractivity contribution in [1.82, 2.24) is 19.0 Å². The van der Waals surface area contributed by atoms with Gasteiger partial charge in [-0.1, -0.05) is 0 Å². The van der Waals surface area contributed by atoms with Gasteiger partial charge in [-0.3, -0.25) is 14.3 Å². The molecule has 1 fully saturated rings. The van der Waals surface area contributed by atoms with E-state index >= 15 is 0 Å². The van der Waals surface area contributed by atoms with Crippen LogP contribution in [0.2, 0.25) is 0 Å². The van der Waals surface area contributed by atoms with E-state index in [1.165, 1.54) is 0 Å². The minimum atomic E-state index is -1.35. The monoisotopic (exact) mass is 533 g/mol. The van der Waals surface area contributed by atoms with Gasteiger partial charge in [0.25, 0.3) is 5.56 Å². The Labute approximate surface area is 223 Å². The van der Waals surface area contributed by atoms with Gasteiger partial charge < -0.3 is 15.0 Å². The molecule has 2 aliphatic rings. The molecule has 2 N–H and O–H groups in total. The summed E-state index contributed by atoms with van der Waals surface area (Å²) in [4.78, 5) is 31.2. The van der Waals surface area contributed by atoms with Crippen LogP contribution in [-0.4, -0.2) is 49.7 Å². The quantitative estimate of drug-likeness (QED) is 0.389. The smallest absolute Gasteiger partial charge is 0.335 e. The molecular weight excluding hydrogens is 504 g/mol. The molecule has 2 aliphatic heterocycles. The maximum Gasteiger partial charge on any atom is 0.335 e. The van der Waals surface area contributed by atoms with Crippen LogP contribution in [0.1, 0.15) is 58.9 Å². The third-order valence-corrected chi connectivity index (χ3v) is 8.33. The summed E-state index contributed by atoms with van der Waals surface area (Å²) in [7, 11) is 1.96. The fraction of sp³-hybridized carbons (Fsp3) is 0.345. The van der Waals surface area contributed by atoms with E-state index in [1.54, 1.807) is 17.0 Å². The number of carboxylic acids is 1. The van der Waals surface area contributed by atoms with E-state index < -0.39 is 17.6 Å². The summed E-state index contributed by atoms with van der Waals surface area (Å²) < 4.78 is 33.1. The molecule has 6 rings (SSSR count). The summed E-state index contributed by atoms with van der Waals surface area (Å²) in [5, 5.41) is 13.2. The molecule has 202 valence electrons. The average Bonchev–Trinajstić information content (AvgIpc) is 3.54. The third-order valence-electron chi connectivity index (χ3n) is 8.33. The lowest BCUT2D eigenvalue weighted by molar-refractivity contribution is 0.0695. The van der Waals surface area contributed by atoms with E-state index in [4.69, 9.17) is 5.11 Å². The molecule has 8 nitrogen and oxygen atoms in total. The number of nitrogens with one attached hydrogen (secondary N) is 1. The number of hydrogen-bond donors (Lipinski definition) is 2. The molecule has 0 spiro atoms. The Morgan fingerprint density at radius 3 is 2.56 bits per heavy atom. The highest BCUT2D eigenvalue weighted by Gasteiger charge is 2.30. The van der Waals surface area contributed by atoms with Gasteiger partial charge in [0.2, 0.25) is 0 Å². The molecule has 0 saturated carbocycles. The molecule has 1 saturated heterocycles. The van der Waals surface area contributed by atoms with Gasteiger partial charge in [-0.15, -0.1) is 0 Å². The molecule has 0 aliphatic carbocycles. The maximum absolute atomic E-state index is 14.7. The van der Waals surface area contributed by atoms with E-state index in [0.29, 0.717) is 32.4 Å². The van der Waals surface area contributed by atoms with E-state index in [2.05, 4.69) is 28.2 Å². The lowest BCUT2D eigenvalue weighted by atomic mass is 9.87. The number of halogens is 2. The minimum absolute atomic E-state index is 0.00280. The van der Waals surface area contributed by atoms with Crippen LogP contribution in [0, 0.1) is 11.6 Å². The molecule has 0 unspecified atom stereocenters. The van der Waals surface area contributed by atoms with Crippen LogP contribution in [0.5, 0.6) is 0 Å². The molecule has 1 aromatic carbocycles. The molecule has 0 bridgehead atoms. The lowest BCUT2D eigenvalue weighted by Crippen LogP contribution is -2.36. The number of piperidine rings is 1. The molecule has 4 aromatic rings. The van der Waals surface area contributed by atoms with Crippen molar-refractivity contribution >= 4 is 22.7 Å². The highest BCUT2D eigenvalue weighted by atomic mass is 19.1. The zero-order valence-electron chi connectivity index (χ0n) is 21.7. The highest BCUT2D eigenvalue weighted by molar-refractivity contribution is 5.88. The molecule has 0 radical (unpaired) electrons. The van der Waals surface area contributed by atoms with Crippen molar-refractivity contribution < 1.29 is 18.7 Å². The van der Waals surface area contributed by atoms with Crippen molar-refractivity contribution in [2.24, 2.45) is 7.05 Å². The van der Waals surface area contributed by atoms with Gasteiger partial charge in [0.15, 0.2) is 0 Å². The van der Waals surface area contributed by atoms with Gasteiger partial charge >= 0.3 is 5.97 Å². The highest BCUT2D eigenvalue weighted by Crippen LogP contribution is 2.36. The Balaban J connectivity index is 1.26. The number of anilines is 1. The first-order valence-electron chi connectivity index (χ1n) is 13.1. The van der Waals surface area contributed by atoms with Gasteiger partial charge in [0.1, 0.15) is 17.3 Å². The molecule has 1 atom stereocenters. The van der Waals surface area contributed by atoms with Crippen LogP contribution in [0.25, 0.3) is 16.7 Å². The number of nitrogens with zero attached hydrogens (tertiary/aromatic N) is 4. The number of fused-ring (bicyclic) bond motifs is 2. The average molecular weight is 534 g/mol. The zero-order valence-corrected chi connectivity index (χ0v) is 21.7. The number of hydrogen-bond acceptors (Lipinski definition) is 5. The second kappa shape index (κ2) is 9.60. The predicted molar refractivity (Wildman–Crippen MR) is 144 cm³/mol. The standard InChI is InChI=1S/C29H29F2N5O3/c1-16(35-10-5-17(6-11-35)26-21(30)13-18(29(38)39)14-22(26)31)25-15-20-24(4-9-33-27(20)34(25)2)36-12-7-23-19(28(36)37)3-8-32-23/h4,7,9,12-17,32H,3,5-6,8,10-11H2,1-2H3,(H,38,39)/t16-/m1/s1. The van der Waals surface area contributed by atoms with Crippen molar-refractivity contribution in [2.75, 3.05) is 25.0 Å². The summed E-state index contributed by atoms with van der Waals surface area (Å²) in [5.41, 5.74) is 3.83. The second-order valence-corrected chi connectivity index (χ2v) is 10.4. The number of pyridine rings is 2. The SMILES string of the molecule is C[C@H](c1cc2c(-n3ccc4c(c3=O)CCN4)ccnc2n1C)N1CCC(c2c(F)cc(C(=O)O)cc2F)CC1. The van der Waals surface area contributed by atoms with Crippen LogP contribution >= 0.6 is 0 Å². The third kappa shape index (κ3) is 4.19. The summed E-state index contributed by atoms with van der Waals surface area (Å²) in [6.45, 7) is 4.12. The number of carboxylic acid groups (broad SMARTS) is 1. The normalized spacial score (nSPS) is 16.8. The van der Waals surface area contributed by atoms with Crippen LogP contribution in [-0.2, 0) is 13.5 Å². The topological polar surface area (TPSA) is 92.4 Å². The molecule has 10 heteroatoms. The van der Waals surface area contributed by atoms with Crippen molar-refractivity contribution in [2.45, 2.75) is 38.1 Å². The maximum atomic E-state index is 14.7. The van der Waals surface area contributed by atoms with Crippen molar-refractivity contribution in [1.29, 1.82) is 0 Å². The molecular formula is C29H29F2N5O3. The molecule has 5 heterocycles. The summed E-state index contributed by atoms with van der Waals surface area (Å²) in [6.07, 6.45) is 5.32. The molecule has 3 aromatic heterocycles. The minimum Gasteiger partial charge on any atom is -0.478 e. The van der Waals surface area contributed by atoms with E-state index in [0.717, 1.165) is 52.3 Å². The Morgan fingerprint density at radius 2 is 1.87 bits per heavy atom. The number of aromatic carboxylic acids is 1. The predicted octanol–water partition coefficient (Wildman–Crippen LogP) is 4.61. The van der Waals surface area contributed by atoms with Crippen molar-refractivity contribution in [3.05, 3.63) is 87.1 Å². The van der Waals surface area contributed by atoms with Crippen LogP contribution < -0.4 is 10.9 Å². The number of aromatic nitrogens is 3. The van der Waals surface area contributed by atoms with Gasteiger partial charge in [-0.2, -0.15) is 0 Å². The first-order valence-corrected chi connectivity index (χ1v) is 13.1. The Bertz CT molecular complexity index is 1650. The first-order chi connectivity index (χ1) is 18.7. The van der Waals surface area contributed by atoms with Gasteiger partial charge in [-0.25, -0.2) is 18.6 Å².